The number of carbonyl (C=O) groups is 3. The Kier molecular flexibility index (Phi) is 11.2. The fraction of sp³-hybridized carbons (Fsp3) is 0.353. The number of ether oxygens (including phenoxy) is 1. The van der Waals surface area contributed by atoms with Crippen molar-refractivity contribution in [3.63, 3.8) is 0 Å². The fourth-order valence-corrected chi connectivity index (χ4v) is 6.31. The number of thiocarbonyl (C=S) groups is 1. The number of hydrogen-bond donors (Lipinski definition) is 1. The van der Waals surface area contributed by atoms with Crippen LogP contribution in [0.3, 0.4) is 0 Å². The van der Waals surface area contributed by atoms with Crippen molar-refractivity contribution < 1.29 is 19.1 Å². The number of piperazine rings is 1. The van der Waals surface area contributed by atoms with E-state index in [9.17, 15) is 14.4 Å². The second-order valence-electron chi connectivity index (χ2n) is 11.2. The normalized spacial score (nSPS) is 17.5. The third-order valence-corrected chi connectivity index (χ3v) is 8.68. The molecular weight excluding hydrogens is 610 g/mol. The number of carbonyl (C=O) groups excluding carboxylic acids is 3. The highest BCUT2D eigenvalue weighted by molar-refractivity contribution is 7.80. The van der Waals surface area contributed by atoms with E-state index in [0.717, 1.165) is 45.7 Å². The molecule has 2 fully saturated rings. The minimum absolute atomic E-state index is 0.0756. The van der Waals surface area contributed by atoms with E-state index in [-0.39, 0.29) is 24.8 Å². The lowest BCUT2D eigenvalue weighted by Crippen LogP contribution is -2.47. The summed E-state index contributed by atoms with van der Waals surface area (Å²) in [5, 5.41) is 3.71. The molecule has 5 rings (SSSR count). The van der Waals surface area contributed by atoms with E-state index < -0.39 is 12.0 Å². The molecule has 3 aromatic carbocycles. The summed E-state index contributed by atoms with van der Waals surface area (Å²) in [5.74, 6) is -1.01. The Bertz CT molecular complexity index is 1500. The molecule has 236 valence electrons. The first-order chi connectivity index (χ1) is 21.8. The van der Waals surface area contributed by atoms with Gasteiger partial charge in [-0.25, -0.2) is 4.79 Å². The number of halogens is 1. The number of nitrogens with zero attached hydrogens (tertiary/aromatic N) is 4. The minimum Gasteiger partial charge on any atom is -0.462 e. The topological polar surface area (TPSA) is 85.4 Å². The third kappa shape index (κ3) is 8.46. The summed E-state index contributed by atoms with van der Waals surface area (Å²) in [6.45, 7) is 8.35. The second kappa shape index (κ2) is 15.4. The van der Waals surface area contributed by atoms with Crippen LogP contribution in [0.4, 0.5) is 11.4 Å². The van der Waals surface area contributed by atoms with Gasteiger partial charge in [-0.15, -0.1) is 0 Å². The van der Waals surface area contributed by atoms with Gasteiger partial charge in [0, 0.05) is 50.0 Å². The van der Waals surface area contributed by atoms with Crippen LogP contribution in [0.25, 0.3) is 0 Å². The van der Waals surface area contributed by atoms with Crippen LogP contribution in [0.5, 0.6) is 0 Å². The summed E-state index contributed by atoms with van der Waals surface area (Å²) < 4.78 is 5.02. The number of amides is 2. The quantitative estimate of drug-likeness (QED) is 0.216. The summed E-state index contributed by atoms with van der Waals surface area (Å²) in [7, 11) is 0. The zero-order valence-corrected chi connectivity index (χ0v) is 26.9. The number of benzene rings is 3. The number of nitrogens with one attached hydrogen (secondary N) is 1. The van der Waals surface area contributed by atoms with Gasteiger partial charge in [-0.2, -0.15) is 0 Å². The molecule has 1 N–H and O–H groups in total. The van der Waals surface area contributed by atoms with Crippen molar-refractivity contribution in [2.75, 3.05) is 56.1 Å². The molecule has 0 aliphatic carbocycles. The Morgan fingerprint density at radius 2 is 1.64 bits per heavy atom. The number of esters is 1. The van der Waals surface area contributed by atoms with Crippen LogP contribution in [0.2, 0.25) is 5.02 Å². The lowest BCUT2D eigenvalue weighted by Gasteiger charge is -2.35. The van der Waals surface area contributed by atoms with Crippen LogP contribution in [0, 0.1) is 0 Å². The smallest absolute Gasteiger partial charge is 0.338 e. The van der Waals surface area contributed by atoms with Crippen LogP contribution in [-0.4, -0.2) is 89.5 Å². The van der Waals surface area contributed by atoms with Crippen molar-refractivity contribution >= 4 is 58.1 Å². The van der Waals surface area contributed by atoms with Crippen LogP contribution < -0.4 is 10.2 Å². The van der Waals surface area contributed by atoms with E-state index in [4.69, 9.17) is 28.6 Å². The van der Waals surface area contributed by atoms with Gasteiger partial charge in [-0.05, 0) is 80.1 Å². The van der Waals surface area contributed by atoms with Gasteiger partial charge in [0.1, 0.15) is 6.04 Å². The lowest BCUT2D eigenvalue weighted by molar-refractivity contribution is -0.124. The Balaban J connectivity index is 1.20. The summed E-state index contributed by atoms with van der Waals surface area (Å²) in [5.41, 5.74) is 2.82. The summed E-state index contributed by atoms with van der Waals surface area (Å²) >= 11 is 12.1. The average Bonchev–Trinajstić information content (AvgIpc) is 3.26. The highest BCUT2D eigenvalue weighted by Crippen LogP contribution is 2.29. The fourth-order valence-electron chi connectivity index (χ4n) is 5.71. The standard InChI is InChI=1S/C34H38ClN5O4S/c1-2-44-33(43)26-12-14-28(15-13-26)36-31(41)23-30-32(42)40(29-11-6-10-27(35)22-29)34(45)39(30)17-7-16-37-18-20-38(21-19-37)24-25-8-4-3-5-9-25/h3-6,8-15,22,30H,2,7,16-21,23-24H2,1H3,(H,36,41)/t30-/m1/s1. The minimum atomic E-state index is -0.752. The molecular formula is C34H38ClN5O4S. The third-order valence-electron chi connectivity index (χ3n) is 8.03. The van der Waals surface area contributed by atoms with Crippen molar-refractivity contribution in [3.8, 4) is 0 Å². The van der Waals surface area contributed by atoms with Gasteiger partial charge >= 0.3 is 5.97 Å². The average molecular weight is 648 g/mol. The molecule has 3 aromatic rings. The summed E-state index contributed by atoms with van der Waals surface area (Å²) in [6, 6.07) is 23.2. The van der Waals surface area contributed by atoms with Gasteiger partial charge in [0.25, 0.3) is 5.91 Å². The van der Waals surface area contributed by atoms with Crippen LogP contribution in [0.15, 0.2) is 78.9 Å². The molecule has 0 unspecified atom stereocenters. The Hall–Kier alpha value is -3.83. The molecule has 11 heteroatoms. The molecule has 0 radical (unpaired) electrons. The van der Waals surface area contributed by atoms with Crippen molar-refractivity contribution in [1.29, 1.82) is 0 Å². The van der Waals surface area contributed by atoms with Gasteiger partial charge in [0.15, 0.2) is 5.11 Å². The van der Waals surface area contributed by atoms with Gasteiger partial charge < -0.3 is 19.9 Å². The summed E-state index contributed by atoms with van der Waals surface area (Å²) in [4.78, 5) is 47.2. The number of hydrogen-bond acceptors (Lipinski definition) is 7. The highest BCUT2D eigenvalue weighted by Gasteiger charge is 2.44. The molecule has 45 heavy (non-hydrogen) atoms. The number of rotatable bonds is 12. The predicted molar refractivity (Wildman–Crippen MR) is 180 cm³/mol. The zero-order chi connectivity index (χ0) is 31.8. The van der Waals surface area contributed by atoms with E-state index in [1.54, 1.807) is 55.5 Å². The van der Waals surface area contributed by atoms with Crippen LogP contribution in [-0.2, 0) is 20.9 Å². The van der Waals surface area contributed by atoms with E-state index in [2.05, 4.69) is 39.4 Å². The molecule has 0 aromatic heterocycles. The van der Waals surface area contributed by atoms with E-state index in [1.807, 2.05) is 11.0 Å². The largest absolute Gasteiger partial charge is 0.462 e. The van der Waals surface area contributed by atoms with Crippen molar-refractivity contribution in [2.24, 2.45) is 0 Å². The lowest BCUT2D eigenvalue weighted by atomic mass is 10.1. The number of anilines is 2. The van der Waals surface area contributed by atoms with E-state index in [0.29, 0.717) is 33.6 Å². The maximum atomic E-state index is 13.8. The van der Waals surface area contributed by atoms with E-state index >= 15 is 0 Å². The molecule has 0 spiro atoms. The molecule has 2 aliphatic heterocycles. The van der Waals surface area contributed by atoms with Gasteiger partial charge in [-0.3, -0.25) is 19.4 Å². The molecule has 2 saturated heterocycles. The molecule has 0 saturated carbocycles. The summed E-state index contributed by atoms with van der Waals surface area (Å²) in [6.07, 6.45) is 0.719. The van der Waals surface area contributed by atoms with Crippen LogP contribution >= 0.6 is 23.8 Å². The maximum Gasteiger partial charge on any atom is 0.338 e. The molecule has 2 heterocycles. The van der Waals surface area contributed by atoms with Crippen molar-refractivity contribution in [2.45, 2.75) is 32.4 Å². The van der Waals surface area contributed by atoms with Gasteiger partial charge in [0.2, 0.25) is 5.91 Å². The highest BCUT2D eigenvalue weighted by atomic mass is 35.5. The Labute approximate surface area is 274 Å². The molecule has 9 nitrogen and oxygen atoms in total. The first-order valence-corrected chi connectivity index (χ1v) is 16.1. The zero-order valence-electron chi connectivity index (χ0n) is 25.4. The van der Waals surface area contributed by atoms with Crippen molar-refractivity contribution in [1.82, 2.24) is 14.7 Å². The predicted octanol–water partition coefficient (Wildman–Crippen LogP) is 5.06. The second-order valence-corrected chi connectivity index (χ2v) is 12.0. The first kappa shape index (κ1) is 32.6. The van der Waals surface area contributed by atoms with Gasteiger partial charge in [0.05, 0.1) is 24.3 Å². The Morgan fingerprint density at radius 1 is 0.933 bits per heavy atom. The molecule has 2 amide bonds. The molecule has 0 bridgehead atoms. The van der Waals surface area contributed by atoms with E-state index in [1.165, 1.54) is 10.5 Å². The first-order valence-electron chi connectivity index (χ1n) is 15.3. The van der Waals surface area contributed by atoms with Crippen LogP contribution in [0.1, 0.15) is 35.7 Å². The molecule has 1 atom stereocenters. The maximum absolute atomic E-state index is 13.8. The van der Waals surface area contributed by atoms with Crippen molar-refractivity contribution in [3.05, 3.63) is 95.0 Å². The Morgan fingerprint density at radius 3 is 2.33 bits per heavy atom. The SMILES string of the molecule is CCOC(=O)c1ccc(NC(=O)C[C@@H]2C(=O)N(c3cccc(Cl)c3)C(=S)N2CCCN2CCN(Cc3ccccc3)CC2)cc1. The van der Waals surface area contributed by atoms with Gasteiger partial charge in [-0.1, -0.05) is 48.0 Å². The monoisotopic (exact) mass is 647 g/mol. The molecule has 2 aliphatic rings.